The minimum atomic E-state index is -0.108. The van der Waals surface area contributed by atoms with Gasteiger partial charge < -0.3 is 34.9 Å². The SMILES string of the molecule is CC(=O)Nc1ccc(OCCOCCOCCOCCNc2cc(C)c(-c3cnc4c(c3)CC(=O)N4)cn2)cc1. The summed E-state index contributed by atoms with van der Waals surface area (Å²) in [6.45, 7) is 7.47. The van der Waals surface area contributed by atoms with Crippen LogP contribution in [0.2, 0.25) is 0 Å². The van der Waals surface area contributed by atoms with E-state index in [4.69, 9.17) is 18.9 Å². The zero-order valence-electron chi connectivity index (χ0n) is 22.8. The van der Waals surface area contributed by atoms with Crippen LogP contribution >= 0.6 is 0 Å². The van der Waals surface area contributed by atoms with Crippen molar-refractivity contribution in [3.05, 3.63) is 59.9 Å². The van der Waals surface area contributed by atoms with E-state index in [9.17, 15) is 9.59 Å². The molecule has 2 amide bonds. The number of nitrogens with zero attached hydrogens (tertiary/aromatic N) is 2. The Morgan fingerprint density at radius 3 is 2.33 bits per heavy atom. The fourth-order valence-electron chi connectivity index (χ4n) is 4.06. The van der Waals surface area contributed by atoms with Crippen LogP contribution in [0.15, 0.2) is 48.8 Å². The van der Waals surface area contributed by atoms with Crippen molar-refractivity contribution in [3.8, 4) is 16.9 Å². The van der Waals surface area contributed by atoms with Gasteiger partial charge in [-0.2, -0.15) is 0 Å². The molecule has 0 bridgehead atoms. The number of anilines is 3. The maximum Gasteiger partial charge on any atom is 0.230 e. The van der Waals surface area contributed by atoms with Gasteiger partial charge in [0.15, 0.2) is 0 Å². The van der Waals surface area contributed by atoms with Gasteiger partial charge in [-0.25, -0.2) is 9.97 Å². The van der Waals surface area contributed by atoms with Gasteiger partial charge >= 0.3 is 0 Å². The molecular formula is C29H35N5O6. The number of amides is 2. The van der Waals surface area contributed by atoms with E-state index in [1.165, 1.54) is 6.92 Å². The Hall–Kier alpha value is -4.06. The Kier molecular flexibility index (Phi) is 10.8. The van der Waals surface area contributed by atoms with Gasteiger partial charge in [0.25, 0.3) is 0 Å². The smallest absolute Gasteiger partial charge is 0.230 e. The molecule has 3 heterocycles. The van der Waals surface area contributed by atoms with Crippen molar-refractivity contribution in [2.75, 3.05) is 68.7 Å². The van der Waals surface area contributed by atoms with Crippen LogP contribution in [0.25, 0.3) is 11.1 Å². The number of aromatic nitrogens is 2. The van der Waals surface area contributed by atoms with Crippen LogP contribution in [0.3, 0.4) is 0 Å². The monoisotopic (exact) mass is 549 g/mol. The lowest BCUT2D eigenvalue weighted by Gasteiger charge is -2.11. The van der Waals surface area contributed by atoms with Crippen LogP contribution in [0.1, 0.15) is 18.1 Å². The molecule has 3 N–H and O–H groups in total. The maximum atomic E-state index is 11.6. The second-order valence-electron chi connectivity index (χ2n) is 9.16. The molecule has 0 saturated carbocycles. The number of fused-ring (bicyclic) bond motifs is 1. The van der Waals surface area contributed by atoms with Crippen LogP contribution in [-0.4, -0.2) is 74.6 Å². The van der Waals surface area contributed by atoms with E-state index in [2.05, 4.69) is 25.9 Å². The predicted octanol–water partition coefficient (Wildman–Crippen LogP) is 3.45. The average Bonchev–Trinajstić information content (AvgIpc) is 3.31. The van der Waals surface area contributed by atoms with Gasteiger partial charge in [0.2, 0.25) is 11.8 Å². The summed E-state index contributed by atoms with van der Waals surface area (Å²) in [6.07, 6.45) is 3.94. The molecule has 40 heavy (non-hydrogen) atoms. The number of ether oxygens (including phenoxy) is 4. The van der Waals surface area contributed by atoms with Gasteiger partial charge in [-0.05, 0) is 48.9 Å². The van der Waals surface area contributed by atoms with Crippen molar-refractivity contribution in [1.29, 1.82) is 0 Å². The third-order valence-electron chi connectivity index (χ3n) is 5.96. The van der Waals surface area contributed by atoms with E-state index in [-0.39, 0.29) is 11.8 Å². The molecule has 4 rings (SSSR count). The van der Waals surface area contributed by atoms with Gasteiger partial charge in [-0.1, -0.05) is 0 Å². The summed E-state index contributed by atoms with van der Waals surface area (Å²) < 4.78 is 22.3. The lowest BCUT2D eigenvalue weighted by molar-refractivity contribution is -0.115. The molecule has 1 aliphatic heterocycles. The number of hydrogen-bond acceptors (Lipinski definition) is 9. The lowest BCUT2D eigenvalue weighted by atomic mass is 10.0. The summed E-state index contributed by atoms with van der Waals surface area (Å²) in [6, 6.07) is 11.2. The van der Waals surface area contributed by atoms with Crippen LogP contribution in [0, 0.1) is 6.92 Å². The maximum absolute atomic E-state index is 11.6. The predicted molar refractivity (Wildman–Crippen MR) is 152 cm³/mol. The summed E-state index contributed by atoms with van der Waals surface area (Å²) in [7, 11) is 0. The van der Waals surface area contributed by atoms with Gasteiger partial charge in [0, 0.05) is 48.2 Å². The van der Waals surface area contributed by atoms with Crippen LogP contribution in [-0.2, 0) is 30.2 Å². The van der Waals surface area contributed by atoms with Gasteiger partial charge in [-0.15, -0.1) is 0 Å². The van der Waals surface area contributed by atoms with Gasteiger partial charge in [0.05, 0.1) is 46.1 Å². The van der Waals surface area contributed by atoms with Crippen molar-refractivity contribution < 1.29 is 28.5 Å². The van der Waals surface area contributed by atoms with E-state index in [1.54, 1.807) is 30.5 Å². The molecule has 0 radical (unpaired) electrons. The summed E-state index contributed by atoms with van der Waals surface area (Å²) >= 11 is 0. The van der Waals surface area contributed by atoms with Gasteiger partial charge in [-0.3, -0.25) is 9.59 Å². The first-order valence-electron chi connectivity index (χ1n) is 13.2. The van der Waals surface area contributed by atoms with E-state index in [0.717, 1.165) is 33.8 Å². The quantitative estimate of drug-likeness (QED) is 0.230. The number of aryl methyl sites for hydroxylation is 1. The highest BCUT2D eigenvalue weighted by molar-refractivity contribution is 5.98. The van der Waals surface area contributed by atoms with Crippen molar-refractivity contribution in [2.24, 2.45) is 0 Å². The molecule has 11 nitrogen and oxygen atoms in total. The molecule has 1 aliphatic rings. The van der Waals surface area contributed by atoms with E-state index in [1.807, 2.05) is 25.3 Å². The zero-order chi connectivity index (χ0) is 28.2. The van der Waals surface area contributed by atoms with Crippen molar-refractivity contribution in [2.45, 2.75) is 20.3 Å². The summed E-state index contributed by atoms with van der Waals surface area (Å²) in [4.78, 5) is 31.5. The Balaban J connectivity index is 1.00. The second-order valence-corrected chi connectivity index (χ2v) is 9.16. The minimum absolute atomic E-state index is 0.0282. The normalized spacial score (nSPS) is 12.1. The van der Waals surface area contributed by atoms with E-state index >= 15 is 0 Å². The molecule has 0 atom stereocenters. The molecular weight excluding hydrogens is 514 g/mol. The topological polar surface area (TPSA) is 133 Å². The highest BCUT2D eigenvalue weighted by Crippen LogP contribution is 2.29. The number of nitrogens with one attached hydrogen (secondary N) is 3. The molecule has 0 unspecified atom stereocenters. The molecule has 1 aromatic carbocycles. The van der Waals surface area contributed by atoms with Crippen molar-refractivity contribution in [3.63, 3.8) is 0 Å². The first-order valence-corrected chi connectivity index (χ1v) is 13.2. The first kappa shape index (κ1) is 28.9. The van der Waals surface area contributed by atoms with Crippen LogP contribution < -0.4 is 20.7 Å². The molecule has 0 fully saturated rings. The number of benzene rings is 1. The first-order chi connectivity index (χ1) is 19.5. The Bertz CT molecular complexity index is 1280. The highest BCUT2D eigenvalue weighted by Gasteiger charge is 2.19. The fraction of sp³-hybridized carbons (Fsp3) is 0.379. The summed E-state index contributed by atoms with van der Waals surface area (Å²) in [5.41, 5.74) is 4.64. The number of hydrogen-bond donors (Lipinski definition) is 3. The van der Waals surface area contributed by atoms with Crippen molar-refractivity contribution in [1.82, 2.24) is 9.97 Å². The van der Waals surface area contributed by atoms with Crippen molar-refractivity contribution >= 4 is 29.1 Å². The minimum Gasteiger partial charge on any atom is -0.491 e. The molecule has 0 saturated heterocycles. The molecule has 212 valence electrons. The zero-order valence-corrected chi connectivity index (χ0v) is 22.8. The molecule has 3 aromatic rings. The number of rotatable bonds is 16. The third-order valence-corrected chi connectivity index (χ3v) is 5.96. The number of carbonyl (C=O) groups excluding carboxylic acids is 2. The number of carbonyl (C=O) groups is 2. The average molecular weight is 550 g/mol. The Labute approximate surface area is 233 Å². The fourth-order valence-corrected chi connectivity index (χ4v) is 4.06. The second kappa shape index (κ2) is 14.9. The Morgan fingerprint density at radius 1 is 0.925 bits per heavy atom. The Morgan fingerprint density at radius 2 is 1.62 bits per heavy atom. The summed E-state index contributed by atoms with van der Waals surface area (Å²) in [5.74, 6) is 1.99. The molecule has 0 aliphatic carbocycles. The van der Waals surface area contributed by atoms with E-state index < -0.39 is 0 Å². The van der Waals surface area contributed by atoms with Gasteiger partial charge in [0.1, 0.15) is 24.0 Å². The third kappa shape index (κ3) is 9.01. The lowest BCUT2D eigenvalue weighted by Crippen LogP contribution is -2.15. The summed E-state index contributed by atoms with van der Waals surface area (Å²) in [5, 5.41) is 8.73. The largest absolute Gasteiger partial charge is 0.491 e. The molecule has 11 heteroatoms. The highest BCUT2D eigenvalue weighted by atomic mass is 16.6. The molecule has 2 aromatic heterocycles. The van der Waals surface area contributed by atoms with E-state index in [0.29, 0.717) is 70.8 Å². The van der Waals surface area contributed by atoms with Crippen LogP contribution in [0.5, 0.6) is 5.75 Å². The number of pyridine rings is 2. The molecule has 0 spiro atoms. The van der Waals surface area contributed by atoms with Crippen LogP contribution in [0.4, 0.5) is 17.3 Å². The standard InChI is InChI=1S/C29H35N5O6/c1-20-15-27(31-19-26(20)23-16-22-17-28(36)34-29(22)32-18-23)30-7-8-37-9-10-38-11-12-39-13-14-40-25-5-3-24(4-6-25)33-21(2)35/h3-6,15-16,18-19H,7-14,17H2,1-2H3,(H,30,31)(H,33,35)(H,32,34,36).